The summed E-state index contributed by atoms with van der Waals surface area (Å²) in [4.78, 5) is 21.1. The van der Waals surface area contributed by atoms with Gasteiger partial charge in [-0.2, -0.15) is 0 Å². The highest BCUT2D eigenvalue weighted by atomic mass is 32.2. The summed E-state index contributed by atoms with van der Waals surface area (Å²) >= 11 is 1.37. The zero-order valence-electron chi connectivity index (χ0n) is 12.8. The number of thioether (sulfide) groups is 1. The number of para-hydroxylation sites is 1. The largest absolute Gasteiger partial charge is 0.284 e. The van der Waals surface area contributed by atoms with E-state index in [9.17, 15) is 4.79 Å². The molecule has 3 aromatic rings. The Morgan fingerprint density at radius 1 is 1.18 bits per heavy atom. The SMILES string of the molecule is Cc1ccnc(SCC(=O)n2c(C)c(C)c3ccccc32)n1. The Morgan fingerprint density at radius 3 is 2.73 bits per heavy atom. The third-order valence-electron chi connectivity index (χ3n) is 3.77. The fourth-order valence-electron chi connectivity index (χ4n) is 2.54. The van der Waals surface area contributed by atoms with Gasteiger partial charge in [0.05, 0.1) is 11.3 Å². The van der Waals surface area contributed by atoms with Crippen molar-refractivity contribution in [2.45, 2.75) is 25.9 Å². The summed E-state index contributed by atoms with van der Waals surface area (Å²) in [6.07, 6.45) is 1.72. The van der Waals surface area contributed by atoms with Gasteiger partial charge in [-0.05, 0) is 38.5 Å². The van der Waals surface area contributed by atoms with Gasteiger partial charge in [0, 0.05) is 23.0 Å². The molecule has 2 aromatic heterocycles. The number of nitrogens with zero attached hydrogens (tertiary/aromatic N) is 3. The molecule has 0 N–H and O–H groups in total. The van der Waals surface area contributed by atoms with Gasteiger partial charge in [-0.15, -0.1) is 0 Å². The van der Waals surface area contributed by atoms with E-state index in [1.807, 2.05) is 38.1 Å². The highest BCUT2D eigenvalue weighted by Gasteiger charge is 2.16. The topological polar surface area (TPSA) is 47.8 Å². The molecule has 0 saturated heterocycles. The monoisotopic (exact) mass is 311 g/mol. The minimum Gasteiger partial charge on any atom is -0.284 e. The van der Waals surface area contributed by atoms with Gasteiger partial charge in [-0.1, -0.05) is 30.0 Å². The maximum atomic E-state index is 12.6. The van der Waals surface area contributed by atoms with Crippen LogP contribution in [0, 0.1) is 20.8 Å². The molecular formula is C17H17N3OS. The Hall–Kier alpha value is -2.14. The lowest BCUT2D eigenvalue weighted by molar-refractivity contribution is 0.0945. The minimum absolute atomic E-state index is 0.0527. The summed E-state index contributed by atoms with van der Waals surface area (Å²) in [5.41, 5.74) is 4.02. The van der Waals surface area contributed by atoms with E-state index in [1.54, 1.807) is 10.8 Å². The third kappa shape index (κ3) is 2.64. The summed E-state index contributed by atoms with van der Waals surface area (Å²) < 4.78 is 1.80. The lowest BCUT2D eigenvalue weighted by atomic mass is 10.2. The van der Waals surface area contributed by atoms with Gasteiger partial charge in [0.15, 0.2) is 5.16 Å². The van der Waals surface area contributed by atoms with Crippen LogP contribution in [0.2, 0.25) is 0 Å². The molecule has 0 bridgehead atoms. The van der Waals surface area contributed by atoms with Gasteiger partial charge in [-0.25, -0.2) is 9.97 Å². The van der Waals surface area contributed by atoms with E-state index in [-0.39, 0.29) is 5.91 Å². The first kappa shape index (κ1) is 14.8. The van der Waals surface area contributed by atoms with Crippen LogP contribution in [0.4, 0.5) is 0 Å². The van der Waals surface area contributed by atoms with Crippen LogP contribution in [-0.4, -0.2) is 26.2 Å². The van der Waals surface area contributed by atoms with Crippen molar-refractivity contribution in [3.05, 3.63) is 53.5 Å². The Morgan fingerprint density at radius 2 is 1.95 bits per heavy atom. The Bertz CT molecular complexity index is 854. The lowest BCUT2D eigenvalue weighted by Gasteiger charge is -2.06. The van der Waals surface area contributed by atoms with Crippen molar-refractivity contribution in [3.63, 3.8) is 0 Å². The van der Waals surface area contributed by atoms with Crippen LogP contribution in [-0.2, 0) is 0 Å². The summed E-state index contributed by atoms with van der Waals surface area (Å²) in [5, 5.41) is 1.77. The van der Waals surface area contributed by atoms with Gasteiger partial charge < -0.3 is 0 Å². The van der Waals surface area contributed by atoms with Crippen LogP contribution in [0.3, 0.4) is 0 Å². The smallest absolute Gasteiger partial charge is 0.241 e. The zero-order chi connectivity index (χ0) is 15.7. The van der Waals surface area contributed by atoms with Crippen molar-refractivity contribution < 1.29 is 4.79 Å². The van der Waals surface area contributed by atoms with Gasteiger partial charge in [0.25, 0.3) is 0 Å². The molecule has 1 aromatic carbocycles. The summed E-state index contributed by atoms with van der Waals surface area (Å²) in [6.45, 7) is 5.96. The van der Waals surface area contributed by atoms with Crippen molar-refractivity contribution in [2.75, 3.05) is 5.75 Å². The van der Waals surface area contributed by atoms with Crippen molar-refractivity contribution in [2.24, 2.45) is 0 Å². The molecule has 2 heterocycles. The van der Waals surface area contributed by atoms with Gasteiger partial charge in [0.1, 0.15) is 0 Å². The van der Waals surface area contributed by atoms with Crippen LogP contribution < -0.4 is 0 Å². The molecular weight excluding hydrogens is 294 g/mol. The normalized spacial score (nSPS) is 11.0. The summed E-state index contributed by atoms with van der Waals surface area (Å²) in [7, 11) is 0. The standard InChI is InChI=1S/C17H17N3OS/c1-11-8-9-18-17(19-11)22-10-16(21)20-13(3)12(2)14-6-4-5-7-15(14)20/h4-9H,10H2,1-3H3. The van der Waals surface area contributed by atoms with Crippen molar-refractivity contribution >= 4 is 28.6 Å². The predicted molar refractivity (Wildman–Crippen MR) is 89.5 cm³/mol. The molecule has 5 heteroatoms. The minimum atomic E-state index is 0.0527. The molecule has 4 nitrogen and oxygen atoms in total. The number of benzene rings is 1. The molecule has 0 amide bonds. The number of aromatic nitrogens is 3. The molecule has 0 radical (unpaired) electrons. The Kier molecular flexibility index (Phi) is 3.98. The van der Waals surface area contributed by atoms with E-state index in [1.165, 1.54) is 11.8 Å². The van der Waals surface area contributed by atoms with Crippen molar-refractivity contribution in [1.82, 2.24) is 14.5 Å². The van der Waals surface area contributed by atoms with Crippen molar-refractivity contribution in [3.8, 4) is 0 Å². The first-order chi connectivity index (χ1) is 10.6. The zero-order valence-corrected chi connectivity index (χ0v) is 13.6. The van der Waals surface area contributed by atoms with Crippen LogP contribution in [0.25, 0.3) is 10.9 Å². The number of rotatable bonds is 3. The van der Waals surface area contributed by atoms with Crippen LogP contribution in [0.1, 0.15) is 21.7 Å². The molecule has 0 saturated carbocycles. The predicted octanol–water partition coefficient (Wildman–Crippen LogP) is 3.79. The Labute approximate surface area is 133 Å². The molecule has 112 valence electrons. The van der Waals surface area contributed by atoms with Gasteiger partial charge in [-0.3, -0.25) is 9.36 Å². The van der Waals surface area contributed by atoms with Crippen molar-refractivity contribution in [1.29, 1.82) is 0 Å². The molecule has 0 atom stereocenters. The highest BCUT2D eigenvalue weighted by molar-refractivity contribution is 7.99. The number of carbonyl (C=O) groups excluding carboxylic acids is 1. The number of carbonyl (C=O) groups is 1. The first-order valence-corrected chi connectivity index (χ1v) is 8.09. The average molecular weight is 311 g/mol. The summed E-state index contributed by atoms with van der Waals surface area (Å²) in [5.74, 6) is 0.375. The second-order valence-corrected chi connectivity index (χ2v) is 6.17. The quantitative estimate of drug-likeness (QED) is 0.545. The number of fused-ring (bicyclic) bond motifs is 1. The molecule has 3 rings (SSSR count). The van der Waals surface area contributed by atoms with E-state index < -0.39 is 0 Å². The molecule has 0 aliphatic rings. The molecule has 0 unspecified atom stereocenters. The molecule has 22 heavy (non-hydrogen) atoms. The highest BCUT2D eigenvalue weighted by Crippen LogP contribution is 2.25. The molecule has 0 aliphatic heterocycles. The maximum Gasteiger partial charge on any atom is 0.241 e. The van der Waals surface area contributed by atoms with Crippen LogP contribution >= 0.6 is 11.8 Å². The van der Waals surface area contributed by atoms with E-state index in [0.29, 0.717) is 10.9 Å². The van der Waals surface area contributed by atoms with E-state index >= 15 is 0 Å². The maximum absolute atomic E-state index is 12.6. The molecule has 0 fully saturated rings. The van der Waals surface area contributed by atoms with E-state index in [2.05, 4.69) is 23.0 Å². The number of hydrogen-bond donors (Lipinski definition) is 0. The Balaban J connectivity index is 1.88. The van der Waals surface area contributed by atoms with E-state index in [0.717, 1.165) is 27.9 Å². The second kappa shape index (κ2) is 5.93. The third-order valence-corrected chi connectivity index (χ3v) is 4.62. The lowest BCUT2D eigenvalue weighted by Crippen LogP contribution is -2.15. The van der Waals surface area contributed by atoms with Crippen LogP contribution in [0.5, 0.6) is 0 Å². The van der Waals surface area contributed by atoms with Gasteiger partial charge >= 0.3 is 0 Å². The number of hydrogen-bond acceptors (Lipinski definition) is 4. The van der Waals surface area contributed by atoms with Crippen LogP contribution in [0.15, 0.2) is 41.7 Å². The second-order valence-electron chi connectivity index (χ2n) is 5.23. The van der Waals surface area contributed by atoms with E-state index in [4.69, 9.17) is 0 Å². The molecule has 0 aliphatic carbocycles. The fourth-order valence-corrected chi connectivity index (χ4v) is 3.26. The van der Waals surface area contributed by atoms with Gasteiger partial charge in [0.2, 0.25) is 5.91 Å². The number of aryl methyl sites for hydroxylation is 2. The average Bonchev–Trinajstić information content (AvgIpc) is 2.77. The fraction of sp³-hybridized carbons (Fsp3) is 0.235. The molecule has 0 spiro atoms. The first-order valence-electron chi connectivity index (χ1n) is 7.10. The summed E-state index contributed by atoms with van der Waals surface area (Å²) in [6, 6.07) is 9.85.